The molecule has 1 aromatic rings. The first-order valence-electron chi connectivity index (χ1n) is 2.67. The van der Waals surface area contributed by atoms with Crippen LogP contribution in [0.25, 0.3) is 0 Å². The minimum absolute atomic E-state index is 0.719. The van der Waals surface area contributed by atoms with E-state index in [1.54, 1.807) is 11.3 Å². The molecule has 1 rings (SSSR count). The Hall–Kier alpha value is -0.450. The summed E-state index contributed by atoms with van der Waals surface area (Å²) in [7, 11) is 0. The maximum absolute atomic E-state index is 5.12. The number of hydrogen-bond donors (Lipinski definition) is 2. The van der Waals surface area contributed by atoms with Gasteiger partial charge in [0.2, 0.25) is 0 Å². The van der Waals surface area contributed by atoms with Crippen LogP contribution in [-0.4, -0.2) is 4.98 Å². The zero-order valence-electron chi connectivity index (χ0n) is 5.22. The Labute approximate surface area is 57.9 Å². The molecule has 1 aromatic heterocycles. The molecule has 0 spiro atoms. The largest absolute Gasteiger partial charge is 0.271 e. The third kappa shape index (κ3) is 1.48. The summed E-state index contributed by atoms with van der Waals surface area (Å²) in [5.74, 6) is 5.12. The van der Waals surface area contributed by atoms with Crippen molar-refractivity contribution >= 4 is 11.3 Å². The molecule has 0 saturated carbocycles. The van der Waals surface area contributed by atoms with Crippen molar-refractivity contribution in [1.29, 1.82) is 0 Å². The van der Waals surface area contributed by atoms with Crippen molar-refractivity contribution in [3.63, 3.8) is 0 Å². The summed E-state index contributed by atoms with van der Waals surface area (Å²) >= 11 is 1.62. The van der Waals surface area contributed by atoms with Gasteiger partial charge in [0, 0.05) is 11.4 Å². The molecule has 0 atom stereocenters. The maximum atomic E-state index is 5.12. The van der Waals surface area contributed by atoms with Crippen molar-refractivity contribution in [2.45, 2.75) is 13.5 Å². The molecule has 4 heteroatoms. The van der Waals surface area contributed by atoms with E-state index in [4.69, 9.17) is 5.84 Å². The quantitative estimate of drug-likeness (QED) is 0.466. The van der Waals surface area contributed by atoms with Gasteiger partial charge in [-0.1, -0.05) is 0 Å². The van der Waals surface area contributed by atoms with E-state index >= 15 is 0 Å². The van der Waals surface area contributed by atoms with Crippen LogP contribution in [0.2, 0.25) is 0 Å². The molecule has 0 aromatic carbocycles. The van der Waals surface area contributed by atoms with E-state index in [1.807, 2.05) is 12.4 Å². The highest BCUT2D eigenvalue weighted by Crippen LogP contribution is 2.10. The van der Waals surface area contributed by atoms with Crippen molar-refractivity contribution in [3.05, 3.63) is 16.1 Å². The van der Waals surface area contributed by atoms with Crippen LogP contribution in [-0.2, 0) is 6.54 Å². The second-order valence-electron chi connectivity index (χ2n) is 1.74. The van der Waals surface area contributed by atoms with Gasteiger partial charge in [-0.15, -0.1) is 11.3 Å². The fraction of sp³-hybridized carbons (Fsp3) is 0.400. The number of hydrazine groups is 1. The second kappa shape index (κ2) is 2.91. The molecule has 0 radical (unpaired) electrons. The summed E-state index contributed by atoms with van der Waals surface area (Å²) in [6, 6.07) is 0. The molecule has 0 aliphatic rings. The normalized spacial score (nSPS) is 10.0. The van der Waals surface area contributed by atoms with Crippen molar-refractivity contribution in [3.8, 4) is 0 Å². The molecule has 50 valence electrons. The standard InChI is InChI=1S/C5H9N3S/c1-4-5(2-8-6)9-3-7-4/h3,8H,2,6H2,1H3. The highest BCUT2D eigenvalue weighted by Gasteiger charge is 1.96. The zero-order chi connectivity index (χ0) is 6.69. The van der Waals surface area contributed by atoms with Gasteiger partial charge in [0.05, 0.1) is 11.2 Å². The highest BCUT2D eigenvalue weighted by molar-refractivity contribution is 7.09. The van der Waals surface area contributed by atoms with Crippen molar-refractivity contribution in [2.24, 2.45) is 5.84 Å². The number of nitrogens with one attached hydrogen (secondary N) is 1. The summed E-state index contributed by atoms with van der Waals surface area (Å²) in [5.41, 5.74) is 5.47. The number of rotatable bonds is 2. The summed E-state index contributed by atoms with van der Waals surface area (Å²) in [6.07, 6.45) is 0. The lowest BCUT2D eigenvalue weighted by atomic mass is 10.4. The molecule has 0 aliphatic carbocycles. The first-order chi connectivity index (χ1) is 4.34. The molecule has 0 bridgehead atoms. The first kappa shape index (κ1) is 6.67. The molecule has 9 heavy (non-hydrogen) atoms. The van der Waals surface area contributed by atoms with E-state index < -0.39 is 0 Å². The minimum Gasteiger partial charge on any atom is -0.271 e. The van der Waals surface area contributed by atoms with Crippen LogP contribution in [0.5, 0.6) is 0 Å². The van der Waals surface area contributed by atoms with Crippen molar-refractivity contribution in [2.75, 3.05) is 0 Å². The van der Waals surface area contributed by atoms with Gasteiger partial charge in [0.1, 0.15) is 0 Å². The zero-order valence-corrected chi connectivity index (χ0v) is 6.03. The number of nitrogens with zero attached hydrogens (tertiary/aromatic N) is 1. The Morgan fingerprint density at radius 1 is 1.89 bits per heavy atom. The molecule has 0 amide bonds. The molecule has 0 aliphatic heterocycles. The smallest absolute Gasteiger partial charge is 0.0798 e. The number of hydrogen-bond acceptors (Lipinski definition) is 4. The van der Waals surface area contributed by atoms with E-state index in [0.29, 0.717) is 0 Å². The topological polar surface area (TPSA) is 50.9 Å². The fourth-order valence-corrected chi connectivity index (χ4v) is 1.32. The number of nitrogens with two attached hydrogens (primary N) is 1. The lowest BCUT2D eigenvalue weighted by Crippen LogP contribution is -2.20. The Kier molecular flexibility index (Phi) is 2.16. The van der Waals surface area contributed by atoms with E-state index in [1.165, 1.54) is 4.88 Å². The average Bonchev–Trinajstić information content (AvgIpc) is 2.18. The van der Waals surface area contributed by atoms with E-state index in [0.717, 1.165) is 12.2 Å². The highest BCUT2D eigenvalue weighted by atomic mass is 32.1. The van der Waals surface area contributed by atoms with E-state index in [2.05, 4.69) is 10.4 Å². The van der Waals surface area contributed by atoms with Gasteiger partial charge in [-0.25, -0.2) is 4.98 Å². The summed E-state index contributed by atoms with van der Waals surface area (Å²) in [6.45, 7) is 2.69. The molecule has 3 N–H and O–H groups in total. The minimum atomic E-state index is 0.719. The van der Waals surface area contributed by atoms with Crippen molar-refractivity contribution in [1.82, 2.24) is 10.4 Å². The summed E-state index contributed by atoms with van der Waals surface area (Å²) in [4.78, 5) is 5.26. The van der Waals surface area contributed by atoms with Gasteiger partial charge in [0.15, 0.2) is 0 Å². The van der Waals surface area contributed by atoms with E-state index in [9.17, 15) is 0 Å². The second-order valence-corrected chi connectivity index (χ2v) is 2.68. The van der Waals surface area contributed by atoms with Crippen LogP contribution >= 0.6 is 11.3 Å². The molecule has 3 nitrogen and oxygen atoms in total. The van der Waals surface area contributed by atoms with Gasteiger partial charge in [-0.2, -0.15) is 0 Å². The summed E-state index contributed by atoms with van der Waals surface area (Å²) in [5, 5.41) is 0. The van der Waals surface area contributed by atoms with Crippen LogP contribution in [0.1, 0.15) is 10.6 Å². The molecular formula is C5H9N3S. The first-order valence-corrected chi connectivity index (χ1v) is 3.55. The van der Waals surface area contributed by atoms with Crippen LogP contribution in [0.15, 0.2) is 5.51 Å². The van der Waals surface area contributed by atoms with Gasteiger partial charge in [-0.05, 0) is 6.92 Å². The number of aryl methyl sites for hydroxylation is 1. The molecular weight excluding hydrogens is 134 g/mol. The predicted octanol–water partition coefficient (Wildman–Crippen LogP) is 0.415. The molecule has 0 saturated heterocycles. The Balaban J connectivity index is 2.69. The Morgan fingerprint density at radius 3 is 3.11 bits per heavy atom. The third-order valence-corrected chi connectivity index (χ3v) is 2.04. The predicted molar refractivity (Wildman–Crippen MR) is 37.9 cm³/mol. The van der Waals surface area contributed by atoms with Gasteiger partial charge >= 0.3 is 0 Å². The van der Waals surface area contributed by atoms with Gasteiger partial charge < -0.3 is 0 Å². The maximum Gasteiger partial charge on any atom is 0.0798 e. The number of thiazole rings is 1. The SMILES string of the molecule is Cc1ncsc1CNN. The average molecular weight is 143 g/mol. The van der Waals surface area contributed by atoms with Gasteiger partial charge in [-0.3, -0.25) is 11.3 Å². The van der Waals surface area contributed by atoms with Crippen LogP contribution in [0.4, 0.5) is 0 Å². The Bertz CT molecular complexity index is 184. The van der Waals surface area contributed by atoms with Crippen LogP contribution < -0.4 is 11.3 Å². The molecule has 1 heterocycles. The van der Waals surface area contributed by atoms with E-state index in [-0.39, 0.29) is 0 Å². The van der Waals surface area contributed by atoms with Crippen molar-refractivity contribution < 1.29 is 0 Å². The van der Waals surface area contributed by atoms with Gasteiger partial charge in [0.25, 0.3) is 0 Å². The van der Waals surface area contributed by atoms with Crippen LogP contribution in [0.3, 0.4) is 0 Å². The summed E-state index contributed by atoms with van der Waals surface area (Å²) < 4.78 is 0. The monoisotopic (exact) mass is 143 g/mol. The fourth-order valence-electron chi connectivity index (χ4n) is 0.589. The third-order valence-electron chi connectivity index (χ3n) is 1.11. The Morgan fingerprint density at radius 2 is 2.67 bits per heavy atom. The molecule has 0 fully saturated rings. The van der Waals surface area contributed by atoms with Crippen LogP contribution in [0, 0.1) is 6.92 Å². The lowest BCUT2D eigenvalue weighted by molar-refractivity contribution is 0.746. The molecule has 0 unspecified atom stereocenters. The lowest BCUT2D eigenvalue weighted by Gasteiger charge is -1.93. The number of aromatic nitrogens is 1.